The van der Waals surface area contributed by atoms with Crippen LogP contribution in [-0.2, 0) is 0 Å². The highest BCUT2D eigenvalue weighted by Crippen LogP contribution is 2.18. The zero-order valence-corrected chi connectivity index (χ0v) is 8.27. The van der Waals surface area contributed by atoms with Gasteiger partial charge in [0.05, 0.1) is 6.61 Å². The smallest absolute Gasteiger partial charge is 0.0582 e. The summed E-state index contributed by atoms with van der Waals surface area (Å²) in [5, 5.41) is 14.2. The molecule has 0 aliphatic carbocycles. The second kappa shape index (κ2) is 4.60. The van der Waals surface area contributed by atoms with Crippen LogP contribution in [0, 0.1) is 0 Å². The van der Waals surface area contributed by atoms with Gasteiger partial charge in [0.25, 0.3) is 0 Å². The molecule has 1 unspecified atom stereocenters. The number of aliphatic hydroxyl groups excluding tert-OH is 1. The Labute approximate surface area is 77.2 Å². The standard InChI is InChI=1S/C9H15NOS/c1-7(6-11)10-8(2)9-4-3-5-12-9/h3-5,7-8,10-11H,6H2,1-2H3/t7-,8?/m0/s1. The maximum absolute atomic E-state index is 8.82. The summed E-state index contributed by atoms with van der Waals surface area (Å²) in [7, 11) is 0. The van der Waals surface area contributed by atoms with Crippen molar-refractivity contribution >= 4 is 11.3 Å². The SMILES string of the molecule is CC(N[C@@H](C)CO)c1cccs1. The van der Waals surface area contributed by atoms with Gasteiger partial charge >= 0.3 is 0 Å². The van der Waals surface area contributed by atoms with Crippen molar-refractivity contribution in [3.63, 3.8) is 0 Å². The molecule has 2 nitrogen and oxygen atoms in total. The molecule has 0 amide bonds. The second-order valence-electron chi connectivity index (χ2n) is 2.99. The van der Waals surface area contributed by atoms with Crippen molar-refractivity contribution in [3.8, 4) is 0 Å². The fourth-order valence-corrected chi connectivity index (χ4v) is 1.84. The van der Waals surface area contributed by atoms with Crippen LogP contribution >= 0.6 is 11.3 Å². The number of rotatable bonds is 4. The Bertz CT molecular complexity index is 210. The van der Waals surface area contributed by atoms with Gasteiger partial charge < -0.3 is 10.4 Å². The minimum absolute atomic E-state index is 0.169. The summed E-state index contributed by atoms with van der Waals surface area (Å²) in [6.07, 6.45) is 0. The van der Waals surface area contributed by atoms with Gasteiger partial charge in [-0.2, -0.15) is 0 Å². The van der Waals surface area contributed by atoms with Crippen LogP contribution in [-0.4, -0.2) is 17.8 Å². The first-order chi connectivity index (χ1) is 5.74. The first-order valence-electron chi connectivity index (χ1n) is 4.14. The summed E-state index contributed by atoms with van der Waals surface area (Å²) in [6.45, 7) is 4.28. The molecule has 1 aromatic heterocycles. The van der Waals surface area contributed by atoms with Gasteiger partial charge in [-0.1, -0.05) is 6.07 Å². The fraction of sp³-hybridized carbons (Fsp3) is 0.556. The summed E-state index contributed by atoms with van der Waals surface area (Å²) >= 11 is 1.74. The molecule has 1 aromatic rings. The first kappa shape index (κ1) is 9.71. The van der Waals surface area contributed by atoms with Crippen molar-refractivity contribution in [3.05, 3.63) is 22.4 Å². The molecule has 68 valence electrons. The predicted octanol–water partition coefficient (Wildman–Crippen LogP) is 1.78. The molecule has 0 aliphatic rings. The Morgan fingerprint density at radius 2 is 2.33 bits per heavy atom. The molecule has 0 radical (unpaired) electrons. The highest BCUT2D eigenvalue weighted by atomic mass is 32.1. The average molecular weight is 185 g/mol. The van der Waals surface area contributed by atoms with Gasteiger partial charge in [-0.3, -0.25) is 0 Å². The number of thiophene rings is 1. The lowest BCUT2D eigenvalue weighted by Crippen LogP contribution is -2.31. The normalized spacial score (nSPS) is 15.9. The minimum atomic E-state index is 0.169. The molecule has 1 rings (SSSR count). The topological polar surface area (TPSA) is 32.3 Å². The molecule has 0 aliphatic heterocycles. The van der Waals surface area contributed by atoms with Gasteiger partial charge in [0, 0.05) is 17.0 Å². The molecule has 0 spiro atoms. The molecule has 0 saturated carbocycles. The number of hydrogen-bond donors (Lipinski definition) is 2. The van der Waals surface area contributed by atoms with Gasteiger partial charge in [0.1, 0.15) is 0 Å². The zero-order valence-electron chi connectivity index (χ0n) is 7.45. The predicted molar refractivity (Wildman–Crippen MR) is 52.4 cm³/mol. The summed E-state index contributed by atoms with van der Waals surface area (Å²) in [6, 6.07) is 4.66. The second-order valence-corrected chi connectivity index (χ2v) is 3.97. The van der Waals surface area contributed by atoms with E-state index in [9.17, 15) is 0 Å². The Hall–Kier alpha value is -0.380. The van der Waals surface area contributed by atoms with Crippen molar-refractivity contribution in [1.29, 1.82) is 0 Å². The van der Waals surface area contributed by atoms with Crippen molar-refractivity contribution in [1.82, 2.24) is 5.32 Å². The third-order valence-electron chi connectivity index (χ3n) is 1.78. The molecule has 2 atom stereocenters. The summed E-state index contributed by atoms with van der Waals surface area (Å²) in [4.78, 5) is 1.32. The van der Waals surface area contributed by atoms with Gasteiger partial charge in [-0.05, 0) is 25.3 Å². The van der Waals surface area contributed by atoms with Crippen molar-refractivity contribution in [2.24, 2.45) is 0 Å². The molecule has 12 heavy (non-hydrogen) atoms. The van der Waals surface area contributed by atoms with E-state index in [0.29, 0.717) is 6.04 Å². The van der Waals surface area contributed by atoms with E-state index in [2.05, 4.69) is 23.7 Å². The first-order valence-corrected chi connectivity index (χ1v) is 5.02. The third-order valence-corrected chi connectivity index (χ3v) is 2.83. The Balaban J connectivity index is 2.44. The summed E-state index contributed by atoms with van der Waals surface area (Å²) < 4.78 is 0. The van der Waals surface area contributed by atoms with Crippen LogP contribution in [0.2, 0.25) is 0 Å². The molecule has 2 N–H and O–H groups in total. The van der Waals surface area contributed by atoms with Crippen LogP contribution in [0.5, 0.6) is 0 Å². The number of hydrogen-bond acceptors (Lipinski definition) is 3. The maximum atomic E-state index is 8.82. The molecule has 1 heterocycles. The highest BCUT2D eigenvalue weighted by Gasteiger charge is 2.08. The van der Waals surface area contributed by atoms with Crippen LogP contribution in [0.15, 0.2) is 17.5 Å². The lowest BCUT2D eigenvalue weighted by Gasteiger charge is -2.16. The average Bonchev–Trinajstić information content (AvgIpc) is 2.56. The highest BCUT2D eigenvalue weighted by molar-refractivity contribution is 7.10. The van der Waals surface area contributed by atoms with E-state index >= 15 is 0 Å². The molecular weight excluding hydrogens is 170 g/mol. The molecular formula is C9H15NOS. The van der Waals surface area contributed by atoms with E-state index in [-0.39, 0.29) is 12.6 Å². The van der Waals surface area contributed by atoms with E-state index < -0.39 is 0 Å². The largest absolute Gasteiger partial charge is 0.395 e. The van der Waals surface area contributed by atoms with Gasteiger partial charge in [-0.25, -0.2) is 0 Å². The van der Waals surface area contributed by atoms with E-state index in [1.165, 1.54) is 4.88 Å². The summed E-state index contributed by atoms with van der Waals surface area (Å²) in [5.74, 6) is 0. The fourth-order valence-electron chi connectivity index (χ4n) is 1.10. The lowest BCUT2D eigenvalue weighted by molar-refractivity contribution is 0.243. The number of aliphatic hydroxyl groups is 1. The van der Waals surface area contributed by atoms with Crippen molar-refractivity contribution in [2.75, 3.05) is 6.61 Å². The maximum Gasteiger partial charge on any atom is 0.0582 e. The van der Waals surface area contributed by atoms with Crippen molar-refractivity contribution < 1.29 is 5.11 Å². The minimum Gasteiger partial charge on any atom is -0.395 e. The van der Waals surface area contributed by atoms with Crippen LogP contribution in [0.25, 0.3) is 0 Å². The quantitative estimate of drug-likeness (QED) is 0.749. The van der Waals surface area contributed by atoms with Gasteiger partial charge in [0.2, 0.25) is 0 Å². The Morgan fingerprint density at radius 1 is 1.58 bits per heavy atom. The molecule has 0 fully saturated rings. The molecule has 0 saturated heterocycles. The van der Waals surface area contributed by atoms with Gasteiger partial charge in [-0.15, -0.1) is 11.3 Å². The van der Waals surface area contributed by atoms with E-state index in [1.807, 2.05) is 13.0 Å². The summed E-state index contributed by atoms with van der Waals surface area (Å²) in [5.41, 5.74) is 0. The van der Waals surface area contributed by atoms with Gasteiger partial charge in [0.15, 0.2) is 0 Å². The Kier molecular flexibility index (Phi) is 3.72. The molecule has 0 bridgehead atoms. The van der Waals surface area contributed by atoms with E-state index in [4.69, 9.17) is 5.11 Å². The van der Waals surface area contributed by atoms with Crippen molar-refractivity contribution in [2.45, 2.75) is 25.9 Å². The zero-order chi connectivity index (χ0) is 8.97. The van der Waals surface area contributed by atoms with Crippen LogP contribution in [0.4, 0.5) is 0 Å². The lowest BCUT2D eigenvalue weighted by atomic mass is 10.2. The van der Waals surface area contributed by atoms with E-state index in [1.54, 1.807) is 11.3 Å². The van der Waals surface area contributed by atoms with Crippen LogP contribution in [0.3, 0.4) is 0 Å². The third kappa shape index (κ3) is 2.59. The molecule has 0 aromatic carbocycles. The molecule has 3 heteroatoms. The Morgan fingerprint density at radius 3 is 2.83 bits per heavy atom. The number of nitrogens with one attached hydrogen (secondary N) is 1. The van der Waals surface area contributed by atoms with E-state index in [0.717, 1.165) is 0 Å². The monoisotopic (exact) mass is 185 g/mol. The van der Waals surface area contributed by atoms with Crippen LogP contribution in [0.1, 0.15) is 24.8 Å². The van der Waals surface area contributed by atoms with Crippen LogP contribution < -0.4 is 5.32 Å².